The van der Waals surface area contributed by atoms with E-state index >= 15 is 0 Å². The highest BCUT2D eigenvalue weighted by Gasteiger charge is 2.60. The highest BCUT2D eigenvalue weighted by atomic mass is 16.5. The summed E-state index contributed by atoms with van der Waals surface area (Å²) in [5, 5.41) is 2.51. The van der Waals surface area contributed by atoms with Crippen LogP contribution in [0.25, 0.3) is 0 Å². The summed E-state index contributed by atoms with van der Waals surface area (Å²) in [4.78, 5) is 25.7. The highest BCUT2D eigenvalue weighted by molar-refractivity contribution is 5.96. The smallest absolute Gasteiger partial charge is 0.316 e. The summed E-state index contributed by atoms with van der Waals surface area (Å²) in [6.07, 6.45) is 4.64. The van der Waals surface area contributed by atoms with Gasteiger partial charge in [0.2, 0.25) is 0 Å². The van der Waals surface area contributed by atoms with Crippen molar-refractivity contribution in [3.8, 4) is 0 Å². The van der Waals surface area contributed by atoms with Crippen LogP contribution < -0.4 is 11.1 Å². The van der Waals surface area contributed by atoms with E-state index in [1.807, 2.05) is 18.9 Å². The molecule has 0 heterocycles. The van der Waals surface area contributed by atoms with Crippen molar-refractivity contribution in [3.63, 3.8) is 0 Å². The Bertz CT molecular complexity index is 642. The molecule has 3 N–H and O–H groups in total. The Morgan fingerprint density at radius 1 is 1.42 bits per heavy atom. The van der Waals surface area contributed by atoms with E-state index in [0.717, 1.165) is 25.9 Å². The van der Waals surface area contributed by atoms with E-state index < -0.39 is 6.03 Å². The fraction of sp³-hybridized carbons (Fsp3) is 0.556. The molecule has 0 unspecified atom stereocenters. The largest absolute Gasteiger partial charge is 0.378 e. The molecule has 2 aliphatic carbocycles. The summed E-state index contributed by atoms with van der Waals surface area (Å²) in [7, 11) is 1.86. The zero-order valence-corrected chi connectivity index (χ0v) is 14.2. The van der Waals surface area contributed by atoms with Crippen LogP contribution in [0.4, 0.5) is 10.5 Å². The topological polar surface area (TPSA) is 84.7 Å². The number of nitrogens with two attached hydrogens (primary N) is 1. The first-order chi connectivity index (χ1) is 11.5. The molecule has 6 heteroatoms. The Kier molecular flexibility index (Phi) is 4.49. The van der Waals surface area contributed by atoms with Gasteiger partial charge in [0.05, 0.1) is 6.10 Å². The molecule has 24 heavy (non-hydrogen) atoms. The van der Waals surface area contributed by atoms with Crippen molar-refractivity contribution in [2.45, 2.75) is 44.8 Å². The van der Waals surface area contributed by atoms with Crippen LogP contribution in [0.1, 0.15) is 43.0 Å². The minimum absolute atomic E-state index is 0.0330. The molecule has 2 fully saturated rings. The molecule has 3 rings (SSSR count). The minimum Gasteiger partial charge on any atom is -0.378 e. The van der Waals surface area contributed by atoms with Crippen molar-refractivity contribution in [3.05, 3.63) is 29.8 Å². The molecule has 0 aliphatic heterocycles. The Hall–Kier alpha value is -2.08. The minimum atomic E-state index is -0.639. The van der Waals surface area contributed by atoms with Crippen LogP contribution in [0.5, 0.6) is 0 Å². The maximum absolute atomic E-state index is 12.9. The van der Waals surface area contributed by atoms with Crippen LogP contribution >= 0.6 is 0 Å². The SMILES string of the molecule is CCO[C@@H]1C[C@H](N(C)C(=O)c2cccc(NC(N)=O)c2)C12CCC2. The first-order valence-corrected chi connectivity index (χ1v) is 8.53. The van der Waals surface area contributed by atoms with E-state index in [-0.39, 0.29) is 23.5 Å². The number of carbonyl (C=O) groups excluding carboxylic acids is 2. The number of ether oxygens (including phenoxy) is 1. The lowest BCUT2D eigenvalue weighted by Gasteiger charge is -2.63. The number of nitrogens with zero attached hydrogens (tertiary/aromatic N) is 1. The second-order valence-electron chi connectivity index (χ2n) is 6.77. The Morgan fingerprint density at radius 3 is 2.75 bits per heavy atom. The third-order valence-electron chi connectivity index (χ3n) is 5.56. The number of amides is 3. The summed E-state index contributed by atoms with van der Waals surface area (Å²) in [6.45, 7) is 2.74. The molecule has 0 saturated heterocycles. The van der Waals surface area contributed by atoms with Crippen LogP contribution in [-0.4, -0.2) is 42.6 Å². The number of rotatable bonds is 5. The molecule has 2 aliphatic rings. The Labute approximate surface area is 142 Å². The second kappa shape index (κ2) is 6.43. The lowest BCUT2D eigenvalue weighted by atomic mass is 9.50. The van der Waals surface area contributed by atoms with E-state index in [0.29, 0.717) is 11.3 Å². The standard InChI is InChI=1S/C18H25N3O3/c1-3-24-15-11-14(18(15)8-5-9-18)21(2)16(22)12-6-4-7-13(10-12)20-17(19)23/h4,6-7,10,14-15H,3,5,8-9,11H2,1-2H3,(H3,19,20,23)/t14-,15+/m0/s1. The molecule has 130 valence electrons. The molecule has 0 bridgehead atoms. The van der Waals surface area contributed by atoms with Gasteiger partial charge in [-0.2, -0.15) is 0 Å². The maximum Gasteiger partial charge on any atom is 0.316 e. The zero-order valence-electron chi connectivity index (χ0n) is 14.2. The average molecular weight is 331 g/mol. The fourth-order valence-electron chi connectivity index (χ4n) is 4.16. The van der Waals surface area contributed by atoms with Gasteiger partial charge in [-0.05, 0) is 44.4 Å². The van der Waals surface area contributed by atoms with Crippen LogP contribution in [0.3, 0.4) is 0 Å². The van der Waals surface area contributed by atoms with Gasteiger partial charge in [0.15, 0.2) is 0 Å². The lowest BCUT2D eigenvalue weighted by Crippen LogP contribution is -2.67. The quantitative estimate of drug-likeness (QED) is 0.870. The number of primary amides is 1. The zero-order chi connectivity index (χ0) is 17.3. The first-order valence-electron chi connectivity index (χ1n) is 8.53. The van der Waals surface area contributed by atoms with Gasteiger partial charge in [-0.25, -0.2) is 4.79 Å². The van der Waals surface area contributed by atoms with E-state index in [2.05, 4.69) is 5.32 Å². The van der Waals surface area contributed by atoms with Gasteiger partial charge < -0.3 is 20.7 Å². The van der Waals surface area contributed by atoms with Crippen LogP contribution in [0.2, 0.25) is 0 Å². The lowest BCUT2D eigenvalue weighted by molar-refractivity contribution is -0.192. The highest BCUT2D eigenvalue weighted by Crippen LogP contribution is 2.59. The van der Waals surface area contributed by atoms with Gasteiger partial charge in [0.1, 0.15) is 0 Å². The van der Waals surface area contributed by atoms with Gasteiger partial charge in [-0.3, -0.25) is 4.79 Å². The van der Waals surface area contributed by atoms with E-state index in [1.54, 1.807) is 24.3 Å². The van der Waals surface area contributed by atoms with Gasteiger partial charge in [0.25, 0.3) is 5.91 Å². The molecule has 0 radical (unpaired) electrons. The number of nitrogens with one attached hydrogen (secondary N) is 1. The van der Waals surface area contributed by atoms with Crippen LogP contribution in [0, 0.1) is 5.41 Å². The third kappa shape index (κ3) is 2.75. The number of hydrogen-bond donors (Lipinski definition) is 2. The summed E-state index contributed by atoms with van der Waals surface area (Å²) in [5.74, 6) is -0.0330. The molecule has 1 spiro atoms. The van der Waals surface area contributed by atoms with E-state index in [9.17, 15) is 9.59 Å². The summed E-state index contributed by atoms with van der Waals surface area (Å²) in [5.41, 5.74) is 6.36. The van der Waals surface area contributed by atoms with Crippen molar-refractivity contribution in [2.24, 2.45) is 11.1 Å². The fourth-order valence-corrected chi connectivity index (χ4v) is 4.16. The number of benzene rings is 1. The molecule has 1 aromatic carbocycles. The number of carbonyl (C=O) groups is 2. The van der Waals surface area contributed by atoms with E-state index in [4.69, 9.17) is 10.5 Å². The normalized spacial score (nSPS) is 23.9. The monoisotopic (exact) mass is 331 g/mol. The van der Waals surface area contributed by atoms with Crippen molar-refractivity contribution < 1.29 is 14.3 Å². The van der Waals surface area contributed by atoms with Crippen molar-refractivity contribution in [1.82, 2.24) is 4.90 Å². The van der Waals surface area contributed by atoms with Gasteiger partial charge in [-0.15, -0.1) is 0 Å². The molecule has 1 aromatic rings. The van der Waals surface area contributed by atoms with Crippen molar-refractivity contribution in [1.29, 1.82) is 0 Å². The predicted molar refractivity (Wildman–Crippen MR) is 91.8 cm³/mol. The predicted octanol–water partition coefficient (Wildman–Crippen LogP) is 2.60. The average Bonchev–Trinajstić information content (AvgIpc) is 2.47. The number of hydrogen-bond acceptors (Lipinski definition) is 3. The molecule has 6 nitrogen and oxygen atoms in total. The van der Waals surface area contributed by atoms with Crippen molar-refractivity contribution >= 4 is 17.6 Å². The molecular weight excluding hydrogens is 306 g/mol. The molecule has 2 atom stereocenters. The van der Waals surface area contributed by atoms with Gasteiger partial charge in [-0.1, -0.05) is 12.5 Å². The molecular formula is C18H25N3O3. The third-order valence-corrected chi connectivity index (χ3v) is 5.56. The summed E-state index contributed by atoms with van der Waals surface area (Å²) in [6, 6.07) is 6.47. The summed E-state index contributed by atoms with van der Waals surface area (Å²) < 4.78 is 5.86. The molecule has 3 amide bonds. The van der Waals surface area contributed by atoms with Crippen LogP contribution in [0.15, 0.2) is 24.3 Å². The molecule has 0 aromatic heterocycles. The number of anilines is 1. The van der Waals surface area contributed by atoms with Gasteiger partial charge >= 0.3 is 6.03 Å². The van der Waals surface area contributed by atoms with Crippen molar-refractivity contribution in [2.75, 3.05) is 19.0 Å². The summed E-state index contributed by atoms with van der Waals surface area (Å²) >= 11 is 0. The second-order valence-corrected chi connectivity index (χ2v) is 6.77. The van der Waals surface area contributed by atoms with Crippen LogP contribution in [-0.2, 0) is 4.74 Å². The first kappa shape index (κ1) is 16.8. The maximum atomic E-state index is 12.9. The Morgan fingerprint density at radius 2 is 2.17 bits per heavy atom. The van der Waals surface area contributed by atoms with Gasteiger partial charge in [0, 0.05) is 36.4 Å². The van der Waals surface area contributed by atoms with E-state index in [1.165, 1.54) is 6.42 Å². The number of urea groups is 1. The molecule has 2 saturated carbocycles. The Balaban J connectivity index is 1.72.